The number of fused-ring (bicyclic) bond motifs is 10. The first-order valence-corrected chi connectivity index (χ1v) is 23.3. The van der Waals surface area contributed by atoms with E-state index in [0.717, 1.165) is 17.1 Å². The molecule has 67 heavy (non-hydrogen) atoms. The van der Waals surface area contributed by atoms with E-state index in [1.54, 1.807) is 0 Å². The fourth-order valence-corrected chi connectivity index (χ4v) is 11.1. The second-order valence-corrected chi connectivity index (χ2v) is 18.5. The van der Waals surface area contributed by atoms with Gasteiger partial charge in [0, 0.05) is 33.4 Å². The molecule has 13 rings (SSSR count). The van der Waals surface area contributed by atoms with Gasteiger partial charge in [0.1, 0.15) is 0 Å². The van der Waals surface area contributed by atoms with E-state index in [0.29, 0.717) is 0 Å². The van der Waals surface area contributed by atoms with Crippen LogP contribution in [0.15, 0.2) is 243 Å². The van der Waals surface area contributed by atoms with E-state index in [-0.39, 0.29) is 5.41 Å². The van der Waals surface area contributed by atoms with Crippen molar-refractivity contribution in [2.24, 2.45) is 0 Å². The fraction of sp³-hybridized carbons (Fsp3) is 0.0462. The molecule has 0 radical (unpaired) electrons. The molecule has 316 valence electrons. The zero-order valence-electron chi connectivity index (χ0n) is 37.5. The molecule has 12 aromatic carbocycles. The molecule has 12 aromatic rings. The van der Waals surface area contributed by atoms with Crippen LogP contribution in [-0.4, -0.2) is 0 Å². The first kappa shape index (κ1) is 39.0. The average Bonchev–Trinajstić information content (AvgIpc) is 3.39. The van der Waals surface area contributed by atoms with E-state index >= 15 is 0 Å². The Morgan fingerprint density at radius 2 is 0.821 bits per heavy atom. The van der Waals surface area contributed by atoms with Crippen LogP contribution in [0.1, 0.15) is 25.0 Å². The van der Waals surface area contributed by atoms with Crippen LogP contribution in [0, 0.1) is 0 Å². The van der Waals surface area contributed by atoms with Crippen LogP contribution in [0.25, 0.3) is 76.1 Å². The molecular weight excluding hydrogens is 809 g/mol. The summed E-state index contributed by atoms with van der Waals surface area (Å²) in [5, 5.41) is 12.4. The Kier molecular flexibility index (Phi) is 8.91. The van der Waals surface area contributed by atoms with E-state index in [1.165, 1.54) is 104 Å². The molecule has 1 heterocycles. The molecule has 0 N–H and O–H groups in total. The molecule has 0 saturated heterocycles. The van der Waals surface area contributed by atoms with Gasteiger partial charge in [-0.1, -0.05) is 208 Å². The van der Waals surface area contributed by atoms with Gasteiger partial charge in [-0.25, -0.2) is 0 Å². The van der Waals surface area contributed by atoms with E-state index in [1.807, 2.05) is 0 Å². The second kappa shape index (κ2) is 15.3. The summed E-state index contributed by atoms with van der Waals surface area (Å²) in [6.45, 7) is 4.77. The molecule has 1 aliphatic rings. The third-order valence-corrected chi connectivity index (χ3v) is 14.4. The summed E-state index contributed by atoms with van der Waals surface area (Å²) in [5.41, 5.74) is 13.9. The summed E-state index contributed by atoms with van der Waals surface area (Å²) in [6.07, 6.45) is 0. The van der Waals surface area contributed by atoms with Crippen LogP contribution in [0.4, 0.5) is 34.1 Å². The van der Waals surface area contributed by atoms with Crippen molar-refractivity contribution < 1.29 is 0 Å². The van der Waals surface area contributed by atoms with Crippen molar-refractivity contribution in [1.82, 2.24) is 0 Å². The lowest BCUT2D eigenvalue weighted by molar-refractivity contribution is 0.632. The van der Waals surface area contributed by atoms with E-state index < -0.39 is 0 Å². The van der Waals surface area contributed by atoms with Gasteiger partial charge in [0.2, 0.25) is 0 Å². The monoisotopic (exact) mass is 854 g/mol. The topological polar surface area (TPSA) is 6.48 Å². The maximum atomic E-state index is 2.57. The molecule has 2 nitrogen and oxygen atoms in total. The minimum atomic E-state index is -0.278. The summed E-state index contributed by atoms with van der Waals surface area (Å²) in [7, 11) is 0. The van der Waals surface area contributed by atoms with Crippen molar-refractivity contribution in [2.45, 2.75) is 19.3 Å². The van der Waals surface area contributed by atoms with Gasteiger partial charge < -0.3 is 9.80 Å². The van der Waals surface area contributed by atoms with Crippen molar-refractivity contribution in [3.05, 3.63) is 254 Å². The van der Waals surface area contributed by atoms with Gasteiger partial charge in [-0.05, 0) is 125 Å². The predicted octanol–water partition coefficient (Wildman–Crippen LogP) is 18.4. The molecule has 0 bridgehead atoms. The lowest BCUT2D eigenvalue weighted by Gasteiger charge is -2.43. The minimum absolute atomic E-state index is 0.278. The summed E-state index contributed by atoms with van der Waals surface area (Å²) < 4.78 is 0. The number of anilines is 6. The zero-order valence-corrected chi connectivity index (χ0v) is 37.5. The highest BCUT2D eigenvalue weighted by Crippen LogP contribution is 2.56. The van der Waals surface area contributed by atoms with Gasteiger partial charge in [0.25, 0.3) is 0 Å². The Balaban J connectivity index is 1.08. The van der Waals surface area contributed by atoms with Gasteiger partial charge in [-0.3, -0.25) is 0 Å². The molecule has 2 heteroatoms. The first-order valence-electron chi connectivity index (χ1n) is 23.3. The summed E-state index contributed by atoms with van der Waals surface area (Å²) in [6, 6.07) is 89.8. The van der Waals surface area contributed by atoms with Gasteiger partial charge in [0.15, 0.2) is 0 Å². The lowest BCUT2D eigenvalue weighted by atomic mass is 9.73. The highest BCUT2D eigenvalue weighted by molar-refractivity contribution is 6.26. The maximum absolute atomic E-state index is 2.57. The summed E-state index contributed by atoms with van der Waals surface area (Å²) >= 11 is 0. The van der Waals surface area contributed by atoms with E-state index in [2.05, 4.69) is 266 Å². The van der Waals surface area contributed by atoms with Crippen molar-refractivity contribution in [1.29, 1.82) is 0 Å². The molecule has 0 fully saturated rings. The number of hydrogen-bond acceptors (Lipinski definition) is 2. The smallest absolute Gasteiger partial charge is 0.0618 e. The molecule has 0 atom stereocenters. The maximum Gasteiger partial charge on any atom is 0.0618 e. The summed E-state index contributed by atoms with van der Waals surface area (Å²) in [5.74, 6) is 0. The Hall–Kier alpha value is -8.46. The SMILES string of the molecule is CC1(C)c2ccccc2N(c2c(-c3ccc4ccccc4c3)ccc3ccccc23)c2cc(N(c3ccc(-c4ccccc4)cc3)c3ccc4c5ccccc5c5ccccc5c4c3)ccc21. The Morgan fingerprint density at radius 1 is 0.313 bits per heavy atom. The van der Waals surface area contributed by atoms with Crippen LogP contribution in [0.5, 0.6) is 0 Å². The third kappa shape index (κ3) is 6.25. The molecule has 0 spiro atoms. The number of benzene rings is 12. The van der Waals surface area contributed by atoms with Crippen molar-refractivity contribution in [3.63, 3.8) is 0 Å². The fourth-order valence-electron chi connectivity index (χ4n) is 11.1. The van der Waals surface area contributed by atoms with Crippen LogP contribution >= 0.6 is 0 Å². The molecule has 0 saturated carbocycles. The van der Waals surface area contributed by atoms with Crippen molar-refractivity contribution in [3.8, 4) is 22.3 Å². The average molecular weight is 855 g/mol. The van der Waals surface area contributed by atoms with Gasteiger partial charge in [-0.15, -0.1) is 0 Å². The van der Waals surface area contributed by atoms with Crippen molar-refractivity contribution in [2.75, 3.05) is 9.80 Å². The zero-order chi connectivity index (χ0) is 44.6. The Bertz CT molecular complexity index is 3870. The first-order chi connectivity index (χ1) is 33.0. The quantitative estimate of drug-likeness (QED) is 0.154. The normalized spacial score (nSPS) is 13.0. The molecule has 1 aliphatic heterocycles. The van der Waals surface area contributed by atoms with Crippen LogP contribution in [-0.2, 0) is 5.41 Å². The predicted molar refractivity (Wildman–Crippen MR) is 286 cm³/mol. The van der Waals surface area contributed by atoms with E-state index in [9.17, 15) is 0 Å². The van der Waals surface area contributed by atoms with Crippen LogP contribution in [0.3, 0.4) is 0 Å². The molecule has 0 unspecified atom stereocenters. The highest BCUT2D eigenvalue weighted by Gasteiger charge is 2.38. The molecule has 0 amide bonds. The second-order valence-electron chi connectivity index (χ2n) is 18.5. The standard InChI is InChI=1S/C65H46N2/c1-65(2)60-26-14-15-27-62(60)67(64-52-21-9-8-19-46(52)32-37-53(64)48-29-28-44-18-6-7-20-47(44)40-48)63-42-51(36-39-61(63)65)66(49-33-30-45(31-34-49)43-16-4-3-5-17-43)50-35-38-58-56-24-11-10-22-54(56)55-23-12-13-25-57(55)59(58)41-50/h3-42H,1-2H3. The Labute approximate surface area is 391 Å². The number of para-hydroxylation sites is 1. The van der Waals surface area contributed by atoms with E-state index in [4.69, 9.17) is 0 Å². The minimum Gasteiger partial charge on any atom is -0.310 e. The lowest BCUT2D eigenvalue weighted by Crippen LogP contribution is -2.31. The number of nitrogens with zero attached hydrogens (tertiary/aromatic N) is 2. The Morgan fingerprint density at radius 3 is 1.57 bits per heavy atom. The number of hydrogen-bond donors (Lipinski definition) is 0. The highest BCUT2D eigenvalue weighted by atomic mass is 15.2. The summed E-state index contributed by atoms with van der Waals surface area (Å²) in [4.78, 5) is 5.03. The van der Waals surface area contributed by atoms with Gasteiger partial charge in [-0.2, -0.15) is 0 Å². The third-order valence-electron chi connectivity index (χ3n) is 14.4. The number of rotatable bonds is 6. The van der Waals surface area contributed by atoms with Gasteiger partial charge >= 0.3 is 0 Å². The molecular formula is C65H46N2. The molecule has 0 aromatic heterocycles. The van der Waals surface area contributed by atoms with Crippen LogP contribution in [0.2, 0.25) is 0 Å². The van der Waals surface area contributed by atoms with Gasteiger partial charge in [0.05, 0.1) is 17.1 Å². The molecule has 0 aliphatic carbocycles. The van der Waals surface area contributed by atoms with Crippen LogP contribution < -0.4 is 9.80 Å². The largest absolute Gasteiger partial charge is 0.310 e. The van der Waals surface area contributed by atoms with Crippen molar-refractivity contribution >= 4 is 88.0 Å².